The molecule has 0 aromatic carbocycles. The summed E-state index contributed by atoms with van der Waals surface area (Å²) in [6, 6.07) is 1.35. The molecule has 0 fully saturated rings. The van der Waals surface area contributed by atoms with Gasteiger partial charge in [-0.1, -0.05) is 0 Å². The van der Waals surface area contributed by atoms with Crippen LogP contribution in [-0.2, 0) is 13.1 Å². The molecule has 3 N–H and O–H groups in total. The molecule has 19 heavy (non-hydrogen) atoms. The Bertz CT molecular complexity index is 482. The van der Waals surface area contributed by atoms with E-state index in [1.54, 1.807) is 30.4 Å². The van der Waals surface area contributed by atoms with E-state index in [0.717, 1.165) is 0 Å². The van der Waals surface area contributed by atoms with Gasteiger partial charge in [-0.3, -0.25) is 9.69 Å². The van der Waals surface area contributed by atoms with E-state index in [4.69, 9.17) is 5.11 Å². The van der Waals surface area contributed by atoms with E-state index in [1.807, 2.05) is 0 Å². The highest BCUT2D eigenvalue weighted by molar-refractivity contribution is 5.29. The highest BCUT2D eigenvalue weighted by Gasteiger charge is 2.15. The Morgan fingerprint density at radius 3 is 2.63 bits per heavy atom. The normalized spacial score (nSPS) is 12.9. The Balaban J connectivity index is 3.20. The van der Waals surface area contributed by atoms with E-state index in [0.29, 0.717) is 31.0 Å². The summed E-state index contributed by atoms with van der Waals surface area (Å²) in [6.45, 7) is 4.49. The summed E-state index contributed by atoms with van der Waals surface area (Å²) < 4.78 is 1.73. The minimum absolute atomic E-state index is 0.00368. The van der Waals surface area contributed by atoms with Crippen molar-refractivity contribution < 1.29 is 15.3 Å². The smallest absolute Gasteiger partial charge is 0.223 e. The topological polar surface area (TPSA) is 85.9 Å². The first-order valence-corrected chi connectivity index (χ1v) is 6.26. The second-order valence-corrected chi connectivity index (χ2v) is 4.87. The van der Waals surface area contributed by atoms with Crippen molar-refractivity contribution in [2.45, 2.75) is 33.0 Å². The zero-order valence-corrected chi connectivity index (χ0v) is 11.6. The van der Waals surface area contributed by atoms with Crippen LogP contribution in [0.3, 0.4) is 0 Å². The predicted molar refractivity (Wildman–Crippen MR) is 72.2 cm³/mol. The highest BCUT2D eigenvalue weighted by atomic mass is 16.3. The number of aliphatic hydroxyl groups is 2. The lowest BCUT2D eigenvalue weighted by Crippen LogP contribution is -2.28. The summed E-state index contributed by atoms with van der Waals surface area (Å²) in [5.41, 5.74) is 0.727. The number of aromatic nitrogens is 1. The van der Waals surface area contributed by atoms with Crippen molar-refractivity contribution in [3.05, 3.63) is 27.7 Å². The van der Waals surface area contributed by atoms with Gasteiger partial charge in [0, 0.05) is 31.4 Å². The molecule has 0 saturated heterocycles. The average molecular weight is 270 g/mol. The molecule has 6 heteroatoms. The van der Waals surface area contributed by atoms with Crippen LogP contribution in [0.1, 0.15) is 18.3 Å². The molecule has 1 aromatic heterocycles. The molecular formula is C13H22N2O4. The average Bonchev–Trinajstić information content (AvgIpc) is 2.30. The van der Waals surface area contributed by atoms with E-state index >= 15 is 0 Å². The number of hydrogen-bond donors (Lipinski definition) is 3. The Labute approximate surface area is 112 Å². The van der Waals surface area contributed by atoms with Gasteiger partial charge in [0.05, 0.1) is 18.4 Å². The molecule has 108 valence electrons. The molecule has 0 spiro atoms. The SMILES string of the molecule is Cc1cc(=O)c(O)c(CN(C)CCO)n1CC(C)O. The number of rotatable bonds is 6. The maximum absolute atomic E-state index is 11.6. The Morgan fingerprint density at radius 2 is 2.11 bits per heavy atom. The maximum Gasteiger partial charge on any atom is 0.223 e. The molecule has 1 atom stereocenters. The first-order chi connectivity index (χ1) is 8.86. The fourth-order valence-corrected chi connectivity index (χ4v) is 2.00. The standard InChI is InChI=1S/C13H22N2O4/c1-9-6-12(18)13(19)11(8-14(3)4-5-16)15(9)7-10(2)17/h6,10,16-17,19H,4-5,7-8H2,1-3H3. The monoisotopic (exact) mass is 270 g/mol. The van der Waals surface area contributed by atoms with Crippen LogP contribution < -0.4 is 5.43 Å². The summed E-state index contributed by atoms with van der Waals surface area (Å²) in [5.74, 6) is -0.295. The van der Waals surface area contributed by atoms with Gasteiger partial charge in [-0.25, -0.2) is 0 Å². The molecule has 0 aliphatic heterocycles. The lowest BCUT2D eigenvalue weighted by molar-refractivity contribution is 0.166. The fourth-order valence-electron chi connectivity index (χ4n) is 2.00. The van der Waals surface area contributed by atoms with Gasteiger partial charge in [0.2, 0.25) is 5.43 Å². The summed E-state index contributed by atoms with van der Waals surface area (Å²) in [4.78, 5) is 13.4. The van der Waals surface area contributed by atoms with Crippen LogP contribution in [0.4, 0.5) is 0 Å². The third kappa shape index (κ3) is 4.05. The van der Waals surface area contributed by atoms with Crippen LogP contribution in [0, 0.1) is 6.92 Å². The summed E-state index contributed by atoms with van der Waals surface area (Å²) >= 11 is 0. The predicted octanol–water partition coefficient (Wildman–Crippen LogP) is -0.333. The summed E-state index contributed by atoms with van der Waals surface area (Å²) in [6.07, 6.45) is -0.581. The van der Waals surface area contributed by atoms with Crippen molar-refractivity contribution in [1.82, 2.24) is 9.47 Å². The second kappa shape index (κ2) is 6.70. The first-order valence-electron chi connectivity index (χ1n) is 6.26. The zero-order chi connectivity index (χ0) is 14.6. The van der Waals surface area contributed by atoms with Crippen LogP contribution >= 0.6 is 0 Å². The molecule has 1 heterocycles. The molecule has 0 bridgehead atoms. The fraction of sp³-hybridized carbons (Fsp3) is 0.615. The van der Waals surface area contributed by atoms with E-state index in [2.05, 4.69) is 0 Å². The Hall–Kier alpha value is -1.37. The third-order valence-corrected chi connectivity index (χ3v) is 2.95. The van der Waals surface area contributed by atoms with Crippen molar-refractivity contribution in [1.29, 1.82) is 0 Å². The molecule has 6 nitrogen and oxygen atoms in total. The van der Waals surface area contributed by atoms with Gasteiger partial charge >= 0.3 is 0 Å². The molecule has 0 aliphatic rings. The number of pyridine rings is 1. The van der Waals surface area contributed by atoms with Crippen LogP contribution in [0.2, 0.25) is 0 Å². The van der Waals surface area contributed by atoms with Gasteiger partial charge < -0.3 is 19.9 Å². The molecule has 0 amide bonds. The van der Waals surface area contributed by atoms with Gasteiger partial charge in [-0.15, -0.1) is 0 Å². The zero-order valence-electron chi connectivity index (χ0n) is 11.6. The van der Waals surface area contributed by atoms with E-state index < -0.39 is 11.5 Å². The van der Waals surface area contributed by atoms with Gasteiger partial charge in [0.15, 0.2) is 5.75 Å². The van der Waals surface area contributed by atoms with Gasteiger partial charge in [-0.05, 0) is 20.9 Å². The lowest BCUT2D eigenvalue weighted by atomic mass is 10.2. The van der Waals surface area contributed by atoms with Crippen LogP contribution in [-0.4, -0.2) is 51.1 Å². The van der Waals surface area contributed by atoms with Crippen molar-refractivity contribution in [3.63, 3.8) is 0 Å². The third-order valence-electron chi connectivity index (χ3n) is 2.95. The molecule has 0 aliphatic carbocycles. The van der Waals surface area contributed by atoms with Crippen molar-refractivity contribution in [2.24, 2.45) is 0 Å². The summed E-state index contributed by atoms with van der Waals surface area (Å²) in [7, 11) is 1.79. The molecule has 0 radical (unpaired) electrons. The number of hydrogen-bond acceptors (Lipinski definition) is 5. The van der Waals surface area contributed by atoms with Gasteiger partial charge in [0.25, 0.3) is 0 Å². The van der Waals surface area contributed by atoms with Crippen LogP contribution in [0.5, 0.6) is 5.75 Å². The lowest BCUT2D eigenvalue weighted by Gasteiger charge is -2.23. The number of aliphatic hydroxyl groups excluding tert-OH is 2. The molecule has 1 rings (SSSR count). The molecule has 0 saturated carbocycles. The molecular weight excluding hydrogens is 248 g/mol. The Kier molecular flexibility index (Phi) is 5.53. The van der Waals surface area contributed by atoms with E-state index in [9.17, 15) is 15.0 Å². The molecule has 1 unspecified atom stereocenters. The van der Waals surface area contributed by atoms with Crippen LogP contribution in [0.15, 0.2) is 10.9 Å². The first kappa shape index (κ1) is 15.7. The minimum Gasteiger partial charge on any atom is -0.503 e. The maximum atomic E-state index is 11.6. The van der Waals surface area contributed by atoms with Gasteiger partial charge in [-0.2, -0.15) is 0 Å². The Morgan fingerprint density at radius 1 is 1.47 bits per heavy atom. The van der Waals surface area contributed by atoms with Crippen molar-refractivity contribution in [2.75, 3.05) is 20.2 Å². The minimum atomic E-state index is -0.581. The largest absolute Gasteiger partial charge is 0.503 e. The highest BCUT2D eigenvalue weighted by Crippen LogP contribution is 2.16. The summed E-state index contributed by atoms with van der Waals surface area (Å²) in [5, 5.41) is 28.3. The number of nitrogens with zero attached hydrogens (tertiary/aromatic N) is 2. The molecule has 1 aromatic rings. The van der Waals surface area contributed by atoms with E-state index in [-0.39, 0.29) is 12.4 Å². The second-order valence-electron chi connectivity index (χ2n) is 4.87. The van der Waals surface area contributed by atoms with Crippen LogP contribution in [0.25, 0.3) is 0 Å². The number of aryl methyl sites for hydroxylation is 1. The quantitative estimate of drug-likeness (QED) is 0.659. The van der Waals surface area contributed by atoms with Gasteiger partial charge in [0.1, 0.15) is 0 Å². The number of aromatic hydroxyl groups is 1. The van der Waals surface area contributed by atoms with Crippen molar-refractivity contribution >= 4 is 0 Å². The van der Waals surface area contributed by atoms with Crippen molar-refractivity contribution in [3.8, 4) is 5.75 Å². The number of likely N-dealkylation sites (N-methyl/N-ethyl adjacent to an activating group) is 1. The van der Waals surface area contributed by atoms with E-state index in [1.165, 1.54) is 6.07 Å².